The maximum Gasteiger partial charge on any atom is 0.307 e. The quantitative estimate of drug-likeness (QED) is 0.820. The van der Waals surface area contributed by atoms with E-state index in [1.54, 1.807) is 6.07 Å². The minimum Gasteiger partial charge on any atom is -0.481 e. The molecule has 0 spiro atoms. The summed E-state index contributed by atoms with van der Waals surface area (Å²) in [4.78, 5) is 14.6. The van der Waals surface area contributed by atoms with E-state index in [0.717, 1.165) is 0 Å². The first-order valence-corrected chi connectivity index (χ1v) is 4.90. The predicted octanol–water partition coefficient (Wildman–Crippen LogP) is 2.65. The third-order valence-corrected chi connectivity index (χ3v) is 2.47. The first-order valence-electron chi connectivity index (χ1n) is 4.53. The Balaban J connectivity index is 2.59. The zero-order chi connectivity index (χ0) is 11.7. The molecule has 0 bridgehead atoms. The van der Waals surface area contributed by atoms with Gasteiger partial charge in [0, 0.05) is 10.9 Å². The molecule has 2 rings (SSSR count). The molecule has 0 aliphatic heterocycles. The van der Waals surface area contributed by atoms with Crippen LogP contribution in [-0.2, 0) is 11.2 Å². The molecule has 0 unspecified atom stereocenters. The van der Waals surface area contributed by atoms with Crippen molar-refractivity contribution in [2.24, 2.45) is 0 Å². The Kier molecular flexibility index (Phi) is 2.75. The van der Waals surface area contributed by atoms with E-state index in [2.05, 4.69) is 4.98 Å². The van der Waals surface area contributed by atoms with E-state index in [0.29, 0.717) is 16.5 Å². The van der Waals surface area contributed by atoms with Crippen LogP contribution in [0.2, 0.25) is 5.15 Å². The van der Waals surface area contributed by atoms with Gasteiger partial charge in [0.2, 0.25) is 0 Å². The monoisotopic (exact) mass is 239 g/mol. The molecule has 1 N–H and O–H groups in total. The van der Waals surface area contributed by atoms with Crippen LogP contribution in [0.3, 0.4) is 0 Å². The second-order valence-corrected chi connectivity index (χ2v) is 3.70. The zero-order valence-electron chi connectivity index (χ0n) is 8.08. The van der Waals surface area contributed by atoms with Crippen LogP contribution in [0.5, 0.6) is 0 Å². The topological polar surface area (TPSA) is 50.2 Å². The Hall–Kier alpha value is -1.68. The molecule has 3 nitrogen and oxygen atoms in total. The normalized spacial score (nSPS) is 10.6. The fourth-order valence-electron chi connectivity index (χ4n) is 1.45. The summed E-state index contributed by atoms with van der Waals surface area (Å²) in [5.74, 6) is -1.39. The summed E-state index contributed by atoms with van der Waals surface area (Å²) < 4.78 is 13.0. The van der Waals surface area contributed by atoms with Crippen LogP contribution < -0.4 is 0 Å². The number of benzene rings is 1. The molecule has 0 amide bonds. The Morgan fingerprint density at radius 1 is 1.44 bits per heavy atom. The summed E-state index contributed by atoms with van der Waals surface area (Å²) in [6.45, 7) is 0. The third-order valence-electron chi connectivity index (χ3n) is 2.14. The van der Waals surface area contributed by atoms with Crippen molar-refractivity contribution < 1.29 is 14.3 Å². The van der Waals surface area contributed by atoms with Crippen LogP contribution in [0, 0.1) is 5.82 Å². The highest BCUT2D eigenvalue weighted by Gasteiger charge is 2.09. The van der Waals surface area contributed by atoms with Crippen LogP contribution in [0.1, 0.15) is 5.56 Å². The third kappa shape index (κ3) is 2.12. The first kappa shape index (κ1) is 10.8. The number of aromatic nitrogens is 1. The zero-order valence-corrected chi connectivity index (χ0v) is 8.83. The highest BCUT2D eigenvalue weighted by Crippen LogP contribution is 2.21. The summed E-state index contributed by atoms with van der Waals surface area (Å²) >= 11 is 5.82. The van der Waals surface area contributed by atoms with E-state index in [1.807, 2.05) is 0 Å². The summed E-state index contributed by atoms with van der Waals surface area (Å²) in [7, 11) is 0. The van der Waals surface area contributed by atoms with Gasteiger partial charge >= 0.3 is 5.97 Å². The van der Waals surface area contributed by atoms with E-state index in [9.17, 15) is 9.18 Å². The molecule has 1 aromatic heterocycles. The molecular formula is C11H7ClFNO2. The number of hydrogen-bond acceptors (Lipinski definition) is 2. The molecule has 0 radical (unpaired) electrons. The lowest BCUT2D eigenvalue weighted by atomic mass is 10.1. The molecule has 5 heteroatoms. The van der Waals surface area contributed by atoms with Gasteiger partial charge in [-0.05, 0) is 24.3 Å². The maximum atomic E-state index is 13.0. The fraction of sp³-hybridized carbons (Fsp3) is 0.0909. The predicted molar refractivity (Wildman–Crippen MR) is 58.1 cm³/mol. The van der Waals surface area contributed by atoms with Crippen molar-refractivity contribution in [3.63, 3.8) is 0 Å². The number of nitrogens with zero attached hydrogens (tertiary/aromatic N) is 1. The number of aliphatic carboxylic acids is 1. The molecule has 0 aliphatic rings. The van der Waals surface area contributed by atoms with Crippen LogP contribution in [0.15, 0.2) is 24.3 Å². The molecule has 0 saturated carbocycles. The van der Waals surface area contributed by atoms with Crippen molar-refractivity contribution in [3.8, 4) is 0 Å². The molecule has 16 heavy (non-hydrogen) atoms. The van der Waals surface area contributed by atoms with E-state index < -0.39 is 11.8 Å². The number of pyridine rings is 1. The Bertz CT molecular complexity index is 571. The van der Waals surface area contributed by atoms with Gasteiger partial charge in [-0.2, -0.15) is 0 Å². The Morgan fingerprint density at radius 3 is 2.88 bits per heavy atom. The van der Waals surface area contributed by atoms with Crippen molar-refractivity contribution in [2.45, 2.75) is 6.42 Å². The maximum absolute atomic E-state index is 13.0. The lowest BCUT2D eigenvalue weighted by molar-refractivity contribution is -0.136. The van der Waals surface area contributed by atoms with Crippen molar-refractivity contribution in [1.29, 1.82) is 0 Å². The van der Waals surface area contributed by atoms with Gasteiger partial charge < -0.3 is 5.11 Å². The number of hydrogen-bond donors (Lipinski definition) is 1. The Labute approximate surface area is 95.5 Å². The van der Waals surface area contributed by atoms with E-state index in [-0.39, 0.29) is 11.6 Å². The number of carboxylic acids is 1. The number of rotatable bonds is 2. The minimum atomic E-state index is -1.00. The van der Waals surface area contributed by atoms with Crippen LogP contribution in [-0.4, -0.2) is 16.1 Å². The molecule has 0 saturated heterocycles. The van der Waals surface area contributed by atoms with Crippen LogP contribution in [0.25, 0.3) is 10.9 Å². The van der Waals surface area contributed by atoms with E-state index in [1.165, 1.54) is 18.2 Å². The molecule has 82 valence electrons. The largest absolute Gasteiger partial charge is 0.481 e. The molecule has 0 aliphatic carbocycles. The summed E-state index contributed by atoms with van der Waals surface area (Å²) in [6.07, 6.45) is -0.224. The summed E-state index contributed by atoms with van der Waals surface area (Å²) in [6, 6.07) is 5.62. The van der Waals surface area contributed by atoms with Crippen LogP contribution >= 0.6 is 11.6 Å². The van der Waals surface area contributed by atoms with Crippen molar-refractivity contribution in [3.05, 3.63) is 40.8 Å². The van der Waals surface area contributed by atoms with Gasteiger partial charge in [0.1, 0.15) is 11.0 Å². The lowest BCUT2D eigenvalue weighted by Crippen LogP contribution is -2.01. The fourth-order valence-corrected chi connectivity index (χ4v) is 1.67. The van der Waals surface area contributed by atoms with Gasteiger partial charge in [-0.25, -0.2) is 9.37 Å². The SMILES string of the molecule is O=C(O)Cc1cc2cc(F)ccc2nc1Cl. The van der Waals surface area contributed by atoms with E-state index in [4.69, 9.17) is 16.7 Å². The van der Waals surface area contributed by atoms with Gasteiger partial charge in [-0.3, -0.25) is 4.79 Å². The van der Waals surface area contributed by atoms with Gasteiger partial charge in [0.25, 0.3) is 0 Å². The highest BCUT2D eigenvalue weighted by atomic mass is 35.5. The average Bonchev–Trinajstić information content (AvgIpc) is 2.19. The number of carboxylic acid groups (broad SMARTS) is 1. The average molecular weight is 240 g/mol. The lowest BCUT2D eigenvalue weighted by Gasteiger charge is -2.03. The molecule has 1 heterocycles. The van der Waals surface area contributed by atoms with Crippen molar-refractivity contribution >= 4 is 28.5 Å². The highest BCUT2D eigenvalue weighted by molar-refractivity contribution is 6.30. The first-order chi connectivity index (χ1) is 7.56. The number of fused-ring (bicyclic) bond motifs is 1. The van der Waals surface area contributed by atoms with Gasteiger partial charge in [0.15, 0.2) is 0 Å². The number of halogens is 2. The molecule has 2 aromatic rings. The summed E-state index contributed by atoms with van der Waals surface area (Å²) in [5, 5.41) is 9.34. The van der Waals surface area contributed by atoms with E-state index >= 15 is 0 Å². The number of carbonyl (C=O) groups is 1. The smallest absolute Gasteiger partial charge is 0.307 e. The molecule has 0 fully saturated rings. The summed E-state index contributed by atoms with van der Waals surface area (Å²) in [5.41, 5.74) is 0.924. The minimum absolute atomic E-state index is 0.140. The van der Waals surface area contributed by atoms with Gasteiger partial charge in [-0.1, -0.05) is 11.6 Å². The Morgan fingerprint density at radius 2 is 2.19 bits per heavy atom. The molecule has 0 atom stereocenters. The van der Waals surface area contributed by atoms with Crippen molar-refractivity contribution in [1.82, 2.24) is 4.98 Å². The molecular weight excluding hydrogens is 233 g/mol. The second kappa shape index (κ2) is 4.06. The molecule has 1 aromatic carbocycles. The van der Waals surface area contributed by atoms with Gasteiger partial charge in [-0.15, -0.1) is 0 Å². The van der Waals surface area contributed by atoms with Gasteiger partial charge in [0.05, 0.1) is 11.9 Å². The van der Waals surface area contributed by atoms with Crippen molar-refractivity contribution in [2.75, 3.05) is 0 Å². The van der Waals surface area contributed by atoms with Crippen LogP contribution in [0.4, 0.5) is 4.39 Å². The second-order valence-electron chi connectivity index (χ2n) is 3.35. The standard InChI is InChI=1S/C11H7ClFNO2/c12-11-7(5-10(15)16)3-6-4-8(13)1-2-9(6)14-11/h1-4H,5H2,(H,15,16).